The number of aromatic hydroxyl groups is 1. The van der Waals surface area contributed by atoms with Crippen LogP contribution in [0.4, 0.5) is 0 Å². The molecule has 2 aromatic rings. The number of nitrogens with one attached hydrogen (secondary N) is 1. The highest BCUT2D eigenvalue weighted by atomic mass is 16.5. The van der Waals surface area contributed by atoms with Gasteiger partial charge in [0.15, 0.2) is 0 Å². The van der Waals surface area contributed by atoms with E-state index in [9.17, 15) is 9.90 Å². The van der Waals surface area contributed by atoms with Crippen LogP contribution in [0, 0.1) is 6.92 Å². The van der Waals surface area contributed by atoms with Gasteiger partial charge in [-0.05, 0) is 24.6 Å². The summed E-state index contributed by atoms with van der Waals surface area (Å²) in [4.78, 5) is 14.2. The molecule has 0 amide bonds. The summed E-state index contributed by atoms with van der Waals surface area (Å²) in [6.07, 6.45) is 0. The van der Waals surface area contributed by atoms with Crippen molar-refractivity contribution < 1.29 is 14.6 Å². The SMILES string of the molecule is COC(=O)c1cc2c(O)ccc(C)c2[nH]1. The number of aryl methyl sites for hydroxylation is 1. The zero-order chi connectivity index (χ0) is 11.0. The summed E-state index contributed by atoms with van der Waals surface area (Å²) in [6, 6.07) is 4.98. The third-order valence-corrected chi connectivity index (χ3v) is 2.38. The Morgan fingerprint density at radius 3 is 2.80 bits per heavy atom. The molecule has 0 radical (unpaired) electrons. The Labute approximate surface area is 86.5 Å². The number of benzene rings is 1. The van der Waals surface area contributed by atoms with Crippen LogP contribution in [-0.2, 0) is 4.74 Å². The Balaban J connectivity index is 2.70. The van der Waals surface area contributed by atoms with Gasteiger partial charge in [-0.2, -0.15) is 0 Å². The van der Waals surface area contributed by atoms with Gasteiger partial charge in [-0.15, -0.1) is 0 Å². The van der Waals surface area contributed by atoms with Crippen LogP contribution in [0.2, 0.25) is 0 Å². The molecule has 4 heteroatoms. The molecule has 15 heavy (non-hydrogen) atoms. The van der Waals surface area contributed by atoms with Gasteiger partial charge in [0.1, 0.15) is 11.4 Å². The van der Waals surface area contributed by atoms with Crippen molar-refractivity contribution in [2.24, 2.45) is 0 Å². The molecule has 0 atom stereocenters. The zero-order valence-electron chi connectivity index (χ0n) is 8.50. The van der Waals surface area contributed by atoms with E-state index in [1.807, 2.05) is 6.92 Å². The van der Waals surface area contributed by atoms with E-state index in [2.05, 4.69) is 9.72 Å². The molecule has 1 aromatic heterocycles. The molecule has 4 nitrogen and oxygen atoms in total. The summed E-state index contributed by atoms with van der Waals surface area (Å²) in [5, 5.41) is 10.2. The van der Waals surface area contributed by atoms with Crippen LogP contribution in [0.25, 0.3) is 10.9 Å². The van der Waals surface area contributed by atoms with Gasteiger partial charge in [-0.25, -0.2) is 4.79 Å². The molecular formula is C11H11NO3. The molecule has 0 aliphatic rings. The molecule has 0 bridgehead atoms. The molecule has 2 N–H and O–H groups in total. The number of hydrogen-bond donors (Lipinski definition) is 2. The van der Waals surface area contributed by atoms with Crippen molar-refractivity contribution in [2.75, 3.05) is 7.11 Å². The monoisotopic (exact) mass is 205 g/mol. The largest absolute Gasteiger partial charge is 0.507 e. The smallest absolute Gasteiger partial charge is 0.354 e. The van der Waals surface area contributed by atoms with E-state index in [1.54, 1.807) is 18.2 Å². The number of hydrogen-bond acceptors (Lipinski definition) is 3. The highest BCUT2D eigenvalue weighted by Gasteiger charge is 2.12. The first kappa shape index (κ1) is 9.58. The Hall–Kier alpha value is -1.97. The second-order valence-electron chi connectivity index (χ2n) is 3.36. The van der Waals surface area contributed by atoms with Crippen molar-refractivity contribution in [1.82, 2.24) is 4.98 Å². The van der Waals surface area contributed by atoms with Crippen molar-refractivity contribution in [2.45, 2.75) is 6.92 Å². The summed E-state index contributed by atoms with van der Waals surface area (Å²) in [5.74, 6) is -0.285. The lowest BCUT2D eigenvalue weighted by Gasteiger charge is -1.97. The number of aromatic amines is 1. The van der Waals surface area contributed by atoms with Crippen LogP contribution in [0.3, 0.4) is 0 Å². The number of phenols is 1. The van der Waals surface area contributed by atoms with Gasteiger partial charge in [0.2, 0.25) is 0 Å². The maximum absolute atomic E-state index is 11.3. The van der Waals surface area contributed by atoms with Crippen molar-refractivity contribution in [1.29, 1.82) is 0 Å². The third kappa shape index (κ3) is 1.44. The van der Waals surface area contributed by atoms with E-state index in [-0.39, 0.29) is 5.75 Å². The van der Waals surface area contributed by atoms with Crippen LogP contribution >= 0.6 is 0 Å². The van der Waals surface area contributed by atoms with Gasteiger partial charge >= 0.3 is 5.97 Å². The second-order valence-corrected chi connectivity index (χ2v) is 3.36. The van der Waals surface area contributed by atoms with Gasteiger partial charge in [0.05, 0.1) is 12.6 Å². The fourth-order valence-corrected chi connectivity index (χ4v) is 1.56. The number of phenolic OH excluding ortho intramolecular Hbond substituents is 1. The Morgan fingerprint density at radius 1 is 1.47 bits per heavy atom. The van der Waals surface area contributed by atoms with Crippen LogP contribution in [0.5, 0.6) is 5.75 Å². The minimum absolute atomic E-state index is 0.155. The zero-order valence-corrected chi connectivity index (χ0v) is 8.50. The number of methoxy groups -OCH3 is 1. The van der Waals surface area contributed by atoms with Crippen LogP contribution in [-0.4, -0.2) is 23.2 Å². The third-order valence-electron chi connectivity index (χ3n) is 2.38. The first-order valence-corrected chi connectivity index (χ1v) is 4.53. The first-order chi connectivity index (χ1) is 7.13. The van der Waals surface area contributed by atoms with Crippen LogP contribution in [0.15, 0.2) is 18.2 Å². The lowest BCUT2D eigenvalue weighted by Crippen LogP contribution is -2.00. The summed E-state index contributed by atoms with van der Waals surface area (Å²) >= 11 is 0. The number of aromatic nitrogens is 1. The number of fused-ring (bicyclic) bond motifs is 1. The van der Waals surface area contributed by atoms with Crippen molar-refractivity contribution >= 4 is 16.9 Å². The minimum Gasteiger partial charge on any atom is -0.507 e. The fourth-order valence-electron chi connectivity index (χ4n) is 1.56. The quantitative estimate of drug-likeness (QED) is 0.699. The summed E-state index contributed by atoms with van der Waals surface area (Å²) in [7, 11) is 1.32. The molecule has 0 saturated heterocycles. The normalized spacial score (nSPS) is 10.5. The van der Waals surface area contributed by atoms with Gasteiger partial charge in [0.25, 0.3) is 0 Å². The molecule has 0 fully saturated rings. The summed E-state index contributed by atoms with van der Waals surface area (Å²) in [5.41, 5.74) is 2.07. The summed E-state index contributed by atoms with van der Waals surface area (Å²) in [6.45, 7) is 1.90. The predicted molar refractivity (Wildman–Crippen MR) is 56.0 cm³/mol. The average molecular weight is 205 g/mol. The van der Waals surface area contributed by atoms with Gasteiger partial charge in [-0.1, -0.05) is 6.07 Å². The number of esters is 1. The van der Waals surface area contributed by atoms with Crippen molar-refractivity contribution in [3.05, 3.63) is 29.5 Å². The number of carbonyl (C=O) groups excluding carboxylic acids is 1. The minimum atomic E-state index is -0.440. The maximum Gasteiger partial charge on any atom is 0.354 e. The Kier molecular flexibility index (Phi) is 2.11. The first-order valence-electron chi connectivity index (χ1n) is 4.53. The molecule has 0 aliphatic carbocycles. The number of carbonyl (C=O) groups is 1. The van der Waals surface area contributed by atoms with E-state index in [4.69, 9.17) is 0 Å². The highest BCUT2D eigenvalue weighted by molar-refractivity contribution is 5.97. The van der Waals surface area contributed by atoms with Crippen LogP contribution < -0.4 is 0 Å². The molecule has 2 rings (SSSR count). The van der Waals surface area contributed by atoms with E-state index in [1.165, 1.54) is 7.11 Å². The van der Waals surface area contributed by atoms with Crippen LogP contribution in [0.1, 0.15) is 16.1 Å². The van der Waals surface area contributed by atoms with Gasteiger partial charge in [-0.3, -0.25) is 0 Å². The molecule has 1 aromatic carbocycles. The molecule has 78 valence electrons. The molecule has 0 spiro atoms. The van der Waals surface area contributed by atoms with E-state index in [0.717, 1.165) is 11.1 Å². The number of rotatable bonds is 1. The van der Waals surface area contributed by atoms with Crippen molar-refractivity contribution in [3.63, 3.8) is 0 Å². The number of H-pyrrole nitrogens is 1. The molecule has 0 unspecified atom stereocenters. The van der Waals surface area contributed by atoms with Gasteiger partial charge < -0.3 is 14.8 Å². The van der Waals surface area contributed by atoms with E-state index >= 15 is 0 Å². The topological polar surface area (TPSA) is 62.3 Å². The van der Waals surface area contributed by atoms with E-state index < -0.39 is 5.97 Å². The Morgan fingerprint density at radius 2 is 2.20 bits per heavy atom. The predicted octanol–water partition coefficient (Wildman–Crippen LogP) is 1.97. The maximum atomic E-state index is 11.3. The fraction of sp³-hybridized carbons (Fsp3) is 0.182. The Bertz CT molecular complexity index is 489. The summed E-state index contributed by atoms with van der Waals surface area (Å²) < 4.78 is 4.59. The van der Waals surface area contributed by atoms with Gasteiger partial charge in [0, 0.05) is 5.39 Å². The molecule has 0 saturated carbocycles. The lowest BCUT2D eigenvalue weighted by atomic mass is 10.1. The average Bonchev–Trinajstić information content (AvgIpc) is 2.68. The highest BCUT2D eigenvalue weighted by Crippen LogP contribution is 2.27. The number of ether oxygens (including phenoxy) is 1. The molecule has 0 aliphatic heterocycles. The van der Waals surface area contributed by atoms with Crippen molar-refractivity contribution in [3.8, 4) is 5.75 Å². The standard InChI is InChI=1S/C11H11NO3/c1-6-3-4-9(13)7-5-8(11(14)15-2)12-10(6)7/h3-5,12-13H,1-2H3. The lowest BCUT2D eigenvalue weighted by molar-refractivity contribution is 0.0595. The molecule has 1 heterocycles. The second kappa shape index (κ2) is 3.31. The van der Waals surface area contributed by atoms with E-state index in [0.29, 0.717) is 11.1 Å². The molecular weight excluding hydrogens is 194 g/mol.